The molecule has 100 valence electrons. The number of rotatable bonds is 1. The van der Waals surface area contributed by atoms with E-state index in [0.717, 1.165) is 5.69 Å². The molecule has 3 rings (SSSR count). The Labute approximate surface area is 109 Å². The van der Waals surface area contributed by atoms with Crippen molar-refractivity contribution >= 4 is 11.5 Å². The van der Waals surface area contributed by atoms with Gasteiger partial charge in [0.25, 0.3) is 0 Å². The van der Waals surface area contributed by atoms with Crippen molar-refractivity contribution in [2.45, 2.75) is 38.5 Å². The highest BCUT2D eigenvalue weighted by Gasteiger charge is 2.44. The molecule has 1 unspecified atom stereocenters. The maximum atomic E-state index is 14.3. The highest BCUT2D eigenvalue weighted by molar-refractivity contribution is 5.79. The van der Waals surface area contributed by atoms with Crippen LogP contribution < -0.4 is 0 Å². The zero-order valence-electron chi connectivity index (χ0n) is 11.1. The molecule has 1 atom stereocenters. The van der Waals surface area contributed by atoms with Crippen molar-refractivity contribution in [2.24, 2.45) is 0 Å². The molecule has 0 radical (unpaired) electrons. The molecule has 1 aliphatic rings. The third-order valence-electron chi connectivity index (χ3n) is 3.86. The van der Waals surface area contributed by atoms with Gasteiger partial charge in [0, 0.05) is 11.0 Å². The maximum Gasteiger partial charge on any atom is 0.311 e. The lowest BCUT2D eigenvalue weighted by atomic mass is 9.89. The third kappa shape index (κ3) is 1.57. The molecule has 1 N–H and O–H groups in total. The summed E-state index contributed by atoms with van der Waals surface area (Å²) in [6.07, 6.45) is 0.395. The molecule has 1 aliphatic carbocycles. The highest BCUT2D eigenvalue weighted by atomic mass is 19.1. The van der Waals surface area contributed by atoms with Gasteiger partial charge in [0.2, 0.25) is 0 Å². The van der Waals surface area contributed by atoms with E-state index in [1.807, 2.05) is 20.8 Å². The fourth-order valence-electron chi connectivity index (χ4n) is 3.14. The summed E-state index contributed by atoms with van der Waals surface area (Å²) in [5.74, 6) is -2.21. The van der Waals surface area contributed by atoms with E-state index in [1.165, 1.54) is 6.07 Å². The van der Waals surface area contributed by atoms with Crippen LogP contribution in [-0.4, -0.2) is 20.7 Å². The Morgan fingerprint density at radius 2 is 2.21 bits per heavy atom. The van der Waals surface area contributed by atoms with Crippen LogP contribution in [0.3, 0.4) is 0 Å². The zero-order valence-corrected chi connectivity index (χ0v) is 11.1. The number of halogens is 1. The second-order valence-electron chi connectivity index (χ2n) is 5.86. The van der Waals surface area contributed by atoms with E-state index in [9.17, 15) is 14.3 Å². The quantitative estimate of drug-likeness (QED) is 0.859. The standard InChI is InChI=1S/C14H15FN2O2/c1-7-4-8-5-10(15)11-9(13(18)19)6-14(2,3)12(11)17(8)16-7/h4-5,9H,6H2,1-3H3,(H,18,19). The van der Waals surface area contributed by atoms with E-state index in [4.69, 9.17) is 0 Å². The number of pyridine rings is 1. The van der Waals surface area contributed by atoms with Gasteiger partial charge in [0.1, 0.15) is 5.82 Å². The van der Waals surface area contributed by atoms with Gasteiger partial charge in [-0.25, -0.2) is 8.91 Å². The average molecular weight is 262 g/mol. The second kappa shape index (κ2) is 3.56. The van der Waals surface area contributed by atoms with Crippen molar-refractivity contribution in [3.8, 4) is 0 Å². The molecule has 0 aromatic carbocycles. The highest BCUT2D eigenvalue weighted by Crippen LogP contribution is 2.47. The fourth-order valence-corrected chi connectivity index (χ4v) is 3.14. The summed E-state index contributed by atoms with van der Waals surface area (Å²) in [5.41, 5.74) is 2.03. The fraction of sp³-hybridized carbons (Fsp3) is 0.429. The van der Waals surface area contributed by atoms with Gasteiger partial charge in [0.05, 0.1) is 22.8 Å². The summed E-state index contributed by atoms with van der Waals surface area (Å²) >= 11 is 0. The summed E-state index contributed by atoms with van der Waals surface area (Å²) < 4.78 is 16.0. The number of carbonyl (C=O) groups is 1. The van der Waals surface area contributed by atoms with Gasteiger partial charge in [0.15, 0.2) is 0 Å². The van der Waals surface area contributed by atoms with Crippen LogP contribution in [-0.2, 0) is 10.2 Å². The summed E-state index contributed by atoms with van der Waals surface area (Å²) in [4.78, 5) is 11.3. The predicted octanol–water partition coefficient (Wildman–Crippen LogP) is 2.63. The molecule has 5 heteroatoms. The largest absolute Gasteiger partial charge is 0.481 e. The molecule has 2 aromatic heterocycles. The van der Waals surface area contributed by atoms with Gasteiger partial charge in [-0.3, -0.25) is 4.79 Å². The molecule has 0 amide bonds. The van der Waals surface area contributed by atoms with Gasteiger partial charge >= 0.3 is 5.97 Å². The van der Waals surface area contributed by atoms with Crippen LogP contribution in [0.5, 0.6) is 0 Å². The smallest absolute Gasteiger partial charge is 0.311 e. The molecular formula is C14H15FN2O2. The molecule has 2 aromatic rings. The molecule has 2 heterocycles. The minimum atomic E-state index is -0.978. The molecule has 0 spiro atoms. The normalized spacial score (nSPS) is 20.7. The molecule has 0 saturated heterocycles. The van der Waals surface area contributed by atoms with E-state index in [1.54, 1.807) is 10.6 Å². The van der Waals surface area contributed by atoms with Crippen molar-refractivity contribution in [3.63, 3.8) is 0 Å². The molecule has 19 heavy (non-hydrogen) atoms. The van der Waals surface area contributed by atoms with Crippen LogP contribution >= 0.6 is 0 Å². The lowest BCUT2D eigenvalue weighted by molar-refractivity contribution is -0.139. The molecular weight excluding hydrogens is 247 g/mol. The number of fused-ring (bicyclic) bond motifs is 3. The van der Waals surface area contributed by atoms with Crippen molar-refractivity contribution in [2.75, 3.05) is 0 Å². The van der Waals surface area contributed by atoms with E-state index in [0.29, 0.717) is 17.6 Å². The first kappa shape index (κ1) is 12.1. The number of hydrogen-bond acceptors (Lipinski definition) is 2. The summed E-state index contributed by atoms with van der Waals surface area (Å²) in [6.45, 7) is 5.71. The van der Waals surface area contributed by atoms with Gasteiger partial charge in [-0.05, 0) is 25.5 Å². The van der Waals surface area contributed by atoms with Crippen molar-refractivity contribution < 1.29 is 14.3 Å². The number of carboxylic acid groups (broad SMARTS) is 1. The second-order valence-corrected chi connectivity index (χ2v) is 5.86. The Morgan fingerprint density at radius 3 is 2.84 bits per heavy atom. The summed E-state index contributed by atoms with van der Waals surface area (Å²) in [6, 6.07) is 3.17. The Balaban J connectivity index is 2.42. The maximum absolute atomic E-state index is 14.3. The number of aromatic nitrogens is 2. The van der Waals surface area contributed by atoms with Gasteiger partial charge in [-0.2, -0.15) is 5.10 Å². The first-order valence-electron chi connectivity index (χ1n) is 6.23. The first-order valence-corrected chi connectivity index (χ1v) is 6.23. The molecule has 0 fully saturated rings. The average Bonchev–Trinajstić information content (AvgIpc) is 2.76. The Morgan fingerprint density at radius 1 is 1.53 bits per heavy atom. The number of hydrogen-bond donors (Lipinski definition) is 1. The van der Waals surface area contributed by atoms with Crippen LogP contribution in [0.1, 0.15) is 43.1 Å². The van der Waals surface area contributed by atoms with Crippen LogP contribution in [0.15, 0.2) is 12.1 Å². The lowest BCUT2D eigenvalue weighted by Gasteiger charge is -2.19. The zero-order chi connectivity index (χ0) is 13.9. The van der Waals surface area contributed by atoms with Crippen molar-refractivity contribution in [1.82, 2.24) is 9.61 Å². The minimum Gasteiger partial charge on any atom is -0.481 e. The van der Waals surface area contributed by atoms with E-state index < -0.39 is 23.1 Å². The Bertz CT molecular complexity index is 703. The predicted molar refractivity (Wildman–Crippen MR) is 67.9 cm³/mol. The topological polar surface area (TPSA) is 54.6 Å². The van der Waals surface area contributed by atoms with E-state index in [-0.39, 0.29) is 5.56 Å². The van der Waals surface area contributed by atoms with Crippen molar-refractivity contribution in [3.05, 3.63) is 34.9 Å². The van der Waals surface area contributed by atoms with E-state index >= 15 is 0 Å². The number of aliphatic carboxylic acids is 1. The molecule has 4 nitrogen and oxygen atoms in total. The Kier molecular flexibility index (Phi) is 2.27. The van der Waals surface area contributed by atoms with Gasteiger partial charge in [-0.15, -0.1) is 0 Å². The summed E-state index contributed by atoms with van der Waals surface area (Å²) in [5, 5.41) is 13.7. The van der Waals surface area contributed by atoms with Gasteiger partial charge in [-0.1, -0.05) is 13.8 Å². The van der Waals surface area contributed by atoms with Gasteiger partial charge < -0.3 is 5.11 Å². The van der Waals surface area contributed by atoms with Crippen LogP contribution in [0.25, 0.3) is 5.52 Å². The lowest BCUT2D eigenvalue weighted by Crippen LogP contribution is -2.18. The number of carboxylic acids is 1. The third-order valence-corrected chi connectivity index (χ3v) is 3.86. The van der Waals surface area contributed by atoms with Crippen molar-refractivity contribution in [1.29, 1.82) is 0 Å². The number of aryl methyl sites for hydroxylation is 1. The SMILES string of the molecule is Cc1cc2cc(F)c3c(n2n1)C(C)(C)CC3C(=O)O. The minimum absolute atomic E-state index is 0.285. The van der Waals surface area contributed by atoms with Crippen LogP contribution in [0.2, 0.25) is 0 Å². The monoisotopic (exact) mass is 262 g/mol. The van der Waals surface area contributed by atoms with E-state index in [2.05, 4.69) is 5.10 Å². The van der Waals surface area contributed by atoms with Crippen LogP contribution in [0.4, 0.5) is 4.39 Å². The molecule has 0 bridgehead atoms. The molecule has 0 aliphatic heterocycles. The number of nitrogens with zero attached hydrogens (tertiary/aromatic N) is 2. The van der Waals surface area contributed by atoms with Crippen LogP contribution in [0, 0.1) is 12.7 Å². The first-order chi connectivity index (χ1) is 8.81. The summed E-state index contributed by atoms with van der Waals surface area (Å²) in [7, 11) is 0. The molecule has 0 saturated carbocycles. The Hall–Kier alpha value is -1.91.